The summed E-state index contributed by atoms with van der Waals surface area (Å²) in [6.45, 7) is 1.10. The van der Waals surface area contributed by atoms with Gasteiger partial charge in [-0.3, -0.25) is 4.90 Å². The van der Waals surface area contributed by atoms with Gasteiger partial charge in [0.25, 0.3) is 0 Å². The average Bonchev–Trinajstić information content (AvgIpc) is 2.74. The Hall–Kier alpha value is -2.49. The normalized spacial score (nSPS) is 20.2. The lowest BCUT2D eigenvalue weighted by molar-refractivity contribution is -0.150. The first-order chi connectivity index (χ1) is 13.8. The van der Waals surface area contributed by atoms with Crippen molar-refractivity contribution in [1.29, 1.82) is 0 Å². The van der Waals surface area contributed by atoms with E-state index >= 15 is 0 Å². The number of ether oxygens (including phenoxy) is 1. The predicted octanol–water partition coefficient (Wildman–Crippen LogP) is 1.92. The molecular formula is C20H23FN2O5S. The number of hydrogen-bond donors (Lipinski definition) is 1. The number of carbonyl (C=O) groups excluding carboxylic acids is 1. The minimum Gasteiger partial charge on any atom is -0.497 e. The first kappa shape index (κ1) is 21.2. The molecule has 0 aliphatic carbocycles. The summed E-state index contributed by atoms with van der Waals surface area (Å²) in [4.78, 5) is 18.7. The molecule has 9 heteroatoms. The molecular weight excluding hydrogens is 399 g/mol. The molecule has 0 aromatic heterocycles. The van der Waals surface area contributed by atoms with Crippen LogP contribution in [0.3, 0.4) is 0 Å². The topological polar surface area (TPSA) is 98.9 Å². The Morgan fingerprint density at radius 3 is 2.41 bits per heavy atom. The van der Waals surface area contributed by atoms with E-state index in [1.165, 1.54) is 31.4 Å². The summed E-state index contributed by atoms with van der Waals surface area (Å²) in [5.74, 6) is 3.59. The molecule has 1 heterocycles. The zero-order valence-electron chi connectivity index (χ0n) is 16.0. The Bertz CT molecular complexity index is 948. The van der Waals surface area contributed by atoms with Gasteiger partial charge < -0.3 is 9.57 Å². The molecule has 1 aliphatic heterocycles. The van der Waals surface area contributed by atoms with Crippen molar-refractivity contribution in [2.45, 2.75) is 23.1 Å². The summed E-state index contributed by atoms with van der Waals surface area (Å²) in [7, 11) is -2.29. The summed E-state index contributed by atoms with van der Waals surface area (Å²) in [5, 5.41) is -0.948. The summed E-state index contributed by atoms with van der Waals surface area (Å²) in [6.07, 6.45) is 0.245. The Morgan fingerprint density at radius 1 is 1.17 bits per heavy atom. The van der Waals surface area contributed by atoms with Crippen LogP contribution in [0.1, 0.15) is 12.0 Å². The molecule has 0 radical (unpaired) electrons. The maximum Gasteiger partial charge on any atom is 0.330 e. The fourth-order valence-electron chi connectivity index (χ4n) is 3.61. The predicted molar refractivity (Wildman–Crippen MR) is 104 cm³/mol. The van der Waals surface area contributed by atoms with Crippen molar-refractivity contribution in [2.24, 2.45) is 11.8 Å². The van der Waals surface area contributed by atoms with Crippen LogP contribution >= 0.6 is 0 Å². The van der Waals surface area contributed by atoms with Crippen LogP contribution in [-0.2, 0) is 26.0 Å². The molecule has 1 aliphatic rings. The van der Waals surface area contributed by atoms with E-state index in [4.69, 9.17) is 10.6 Å². The van der Waals surface area contributed by atoms with Crippen molar-refractivity contribution < 1.29 is 27.2 Å². The van der Waals surface area contributed by atoms with Crippen molar-refractivity contribution in [3.63, 3.8) is 0 Å². The summed E-state index contributed by atoms with van der Waals surface area (Å²) < 4.78 is 44.5. The maximum absolute atomic E-state index is 13.2. The third-order valence-corrected chi connectivity index (χ3v) is 7.45. The van der Waals surface area contributed by atoms with E-state index in [-0.39, 0.29) is 23.7 Å². The number of benzene rings is 2. The molecule has 1 fully saturated rings. The Labute approximate surface area is 169 Å². The van der Waals surface area contributed by atoms with Gasteiger partial charge in [-0.05, 0) is 54.9 Å². The highest BCUT2D eigenvalue weighted by molar-refractivity contribution is 7.92. The second kappa shape index (κ2) is 8.89. The molecule has 2 unspecified atom stereocenters. The molecule has 2 atom stereocenters. The largest absolute Gasteiger partial charge is 0.497 e. The molecule has 7 nitrogen and oxygen atoms in total. The van der Waals surface area contributed by atoms with Gasteiger partial charge >= 0.3 is 5.97 Å². The number of hydrogen-bond acceptors (Lipinski definition) is 7. The molecule has 29 heavy (non-hydrogen) atoms. The smallest absolute Gasteiger partial charge is 0.330 e. The highest BCUT2D eigenvalue weighted by Crippen LogP contribution is 2.31. The molecule has 0 bridgehead atoms. The minimum absolute atomic E-state index is 0.116. The molecule has 0 spiro atoms. The molecule has 0 amide bonds. The first-order valence-corrected chi connectivity index (χ1v) is 10.6. The van der Waals surface area contributed by atoms with Crippen molar-refractivity contribution in [3.8, 4) is 5.75 Å². The van der Waals surface area contributed by atoms with Gasteiger partial charge in [0.15, 0.2) is 9.84 Å². The zero-order valence-corrected chi connectivity index (χ0v) is 16.8. The number of methoxy groups -OCH3 is 1. The third-order valence-electron chi connectivity index (χ3n) is 5.16. The Morgan fingerprint density at radius 2 is 1.83 bits per heavy atom. The molecule has 1 saturated heterocycles. The molecule has 156 valence electrons. The van der Waals surface area contributed by atoms with Gasteiger partial charge in [-0.2, -0.15) is 5.90 Å². The Balaban J connectivity index is 1.81. The lowest BCUT2D eigenvalue weighted by atomic mass is 9.97. The maximum atomic E-state index is 13.2. The van der Waals surface area contributed by atoms with Gasteiger partial charge in [0.05, 0.1) is 23.2 Å². The second-order valence-electron chi connectivity index (χ2n) is 6.95. The van der Waals surface area contributed by atoms with Crippen LogP contribution in [0.15, 0.2) is 53.4 Å². The van der Waals surface area contributed by atoms with Gasteiger partial charge in [-0.1, -0.05) is 12.1 Å². The van der Waals surface area contributed by atoms with Crippen molar-refractivity contribution >= 4 is 15.8 Å². The van der Waals surface area contributed by atoms with Gasteiger partial charge in [0, 0.05) is 13.1 Å². The van der Waals surface area contributed by atoms with Crippen molar-refractivity contribution in [1.82, 2.24) is 4.90 Å². The van der Waals surface area contributed by atoms with Crippen LogP contribution in [0.2, 0.25) is 0 Å². The SMILES string of the molecule is COc1ccc(S(=O)(=O)C2CCN(Cc3ccc(F)cc3)CC2C(=O)ON)cc1. The molecule has 2 aromatic rings. The average molecular weight is 422 g/mol. The number of nitrogens with two attached hydrogens (primary N) is 1. The van der Waals surface area contributed by atoms with Gasteiger partial charge in [-0.15, -0.1) is 0 Å². The number of likely N-dealkylation sites (tertiary alicyclic amines) is 1. The fourth-order valence-corrected chi connectivity index (χ4v) is 5.53. The van der Waals surface area contributed by atoms with Gasteiger partial charge in [0.1, 0.15) is 11.6 Å². The lowest BCUT2D eigenvalue weighted by Crippen LogP contribution is -2.50. The fraction of sp³-hybridized carbons (Fsp3) is 0.350. The van der Waals surface area contributed by atoms with Crippen LogP contribution in [0.25, 0.3) is 0 Å². The Kier molecular flexibility index (Phi) is 6.51. The standard InChI is InChI=1S/C20H23FN2O5S/c1-27-16-6-8-17(9-7-16)29(25,26)19-10-11-23(13-18(19)20(24)28-22)12-14-2-4-15(21)5-3-14/h2-9,18-19H,10-13,22H2,1H3. The van der Waals surface area contributed by atoms with Crippen LogP contribution in [-0.4, -0.2) is 44.7 Å². The van der Waals surface area contributed by atoms with Crippen molar-refractivity contribution in [2.75, 3.05) is 20.2 Å². The summed E-state index contributed by atoms with van der Waals surface area (Å²) in [5.41, 5.74) is 0.864. The number of carbonyl (C=O) groups is 1. The second-order valence-corrected chi connectivity index (χ2v) is 9.12. The number of piperidine rings is 1. The number of rotatable bonds is 6. The van der Waals surface area contributed by atoms with Crippen LogP contribution in [0.5, 0.6) is 5.75 Å². The van der Waals surface area contributed by atoms with E-state index in [2.05, 4.69) is 4.84 Å². The van der Waals surface area contributed by atoms with Gasteiger partial charge in [0.2, 0.25) is 0 Å². The quantitative estimate of drug-likeness (QED) is 0.710. The van der Waals surface area contributed by atoms with E-state index in [0.29, 0.717) is 18.8 Å². The third kappa shape index (κ3) is 4.75. The van der Waals surface area contributed by atoms with E-state index in [0.717, 1.165) is 5.56 Å². The first-order valence-electron chi connectivity index (χ1n) is 9.10. The highest BCUT2D eigenvalue weighted by atomic mass is 32.2. The van der Waals surface area contributed by atoms with E-state index in [1.807, 2.05) is 4.90 Å². The van der Waals surface area contributed by atoms with Crippen LogP contribution in [0, 0.1) is 11.7 Å². The summed E-state index contributed by atoms with van der Waals surface area (Å²) >= 11 is 0. The number of nitrogens with zero attached hydrogens (tertiary/aromatic N) is 1. The van der Waals surface area contributed by atoms with Crippen molar-refractivity contribution in [3.05, 3.63) is 59.9 Å². The van der Waals surface area contributed by atoms with Crippen LogP contribution in [0.4, 0.5) is 4.39 Å². The minimum atomic E-state index is -3.78. The van der Waals surface area contributed by atoms with E-state index in [1.54, 1.807) is 24.3 Å². The highest BCUT2D eigenvalue weighted by Gasteiger charge is 2.43. The lowest BCUT2D eigenvalue weighted by Gasteiger charge is -2.36. The number of sulfone groups is 1. The molecule has 2 N–H and O–H groups in total. The van der Waals surface area contributed by atoms with E-state index < -0.39 is 27.0 Å². The van der Waals surface area contributed by atoms with Gasteiger partial charge in [-0.25, -0.2) is 17.6 Å². The monoisotopic (exact) mass is 422 g/mol. The van der Waals surface area contributed by atoms with E-state index in [9.17, 15) is 17.6 Å². The number of halogens is 1. The zero-order chi connectivity index (χ0) is 21.0. The molecule has 2 aromatic carbocycles. The molecule has 0 saturated carbocycles. The molecule has 3 rings (SSSR count). The van der Waals surface area contributed by atoms with Crippen LogP contribution < -0.4 is 10.6 Å². The summed E-state index contributed by atoms with van der Waals surface area (Å²) in [6, 6.07) is 12.1.